The Balaban J connectivity index is 2.18. The molecule has 2 aliphatic rings. The maximum Gasteiger partial charge on any atom is 0.305 e. The van der Waals surface area contributed by atoms with Gasteiger partial charge < -0.3 is 5.11 Å². The predicted octanol–water partition coefficient (Wildman–Crippen LogP) is 3.14. The molecule has 3 nitrogen and oxygen atoms in total. The number of nitrogens with zero attached hydrogens (tertiary/aromatic N) is 1. The Hall–Kier alpha value is -0.570. The summed E-state index contributed by atoms with van der Waals surface area (Å²) < 4.78 is 0. The highest BCUT2D eigenvalue weighted by atomic mass is 16.4. The van der Waals surface area contributed by atoms with E-state index < -0.39 is 5.97 Å². The molecule has 0 aromatic heterocycles. The molecule has 1 aliphatic heterocycles. The number of hydrogen-bond acceptors (Lipinski definition) is 2. The van der Waals surface area contributed by atoms with Crippen LogP contribution in [0.4, 0.5) is 0 Å². The summed E-state index contributed by atoms with van der Waals surface area (Å²) in [5.74, 6) is 0.643. The molecule has 3 atom stereocenters. The standard InChI is InChI=1S/C15H27NO2/c1-12-6-7-15(11-14(17)18,13(2)10-12)16-8-4-3-5-9-16/h12-13H,3-11H2,1-2H3,(H,17,18). The maximum absolute atomic E-state index is 11.3. The lowest BCUT2D eigenvalue weighted by Crippen LogP contribution is -2.58. The molecule has 0 aromatic carbocycles. The fourth-order valence-electron chi connectivity index (χ4n) is 4.13. The molecule has 0 bridgehead atoms. The summed E-state index contributed by atoms with van der Waals surface area (Å²) in [4.78, 5) is 13.8. The van der Waals surface area contributed by atoms with Gasteiger partial charge in [-0.1, -0.05) is 20.3 Å². The average Bonchev–Trinajstić information content (AvgIpc) is 2.34. The van der Waals surface area contributed by atoms with Gasteiger partial charge in [0.1, 0.15) is 0 Å². The molecule has 1 saturated heterocycles. The second-order valence-electron chi connectivity index (χ2n) is 6.50. The summed E-state index contributed by atoms with van der Waals surface area (Å²) >= 11 is 0. The van der Waals surface area contributed by atoms with Gasteiger partial charge in [0.05, 0.1) is 6.42 Å². The van der Waals surface area contributed by atoms with E-state index in [1.807, 2.05) is 0 Å². The Morgan fingerprint density at radius 1 is 1.28 bits per heavy atom. The van der Waals surface area contributed by atoms with Crippen LogP contribution in [0.1, 0.15) is 58.8 Å². The van der Waals surface area contributed by atoms with Crippen molar-refractivity contribution in [2.45, 2.75) is 64.3 Å². The summed E-state index contributed by atoms with van der Waals surface area (Å²) in [5, 5.41) is 9.32. The summed E-state index contributed by atoms with van der Waals surface area (Å²) in [5.41, 5.74) is -0.0568. The number of carboxylic acids is 1. The Morgan fingerprint density at radius 3 is 2.50 bits per heavy atom. The van der Waals surface area contributed by atoms with Gasteiger partial charge in [-0.05, 0) is 57.0 Å². The Kier molecular flexibility index (Phi) is 4.31. The van der Waals surface area contributed by atoms with Crippen molar-refractivity contribution < 1.29 is 9.90 Å². The summed E-state index contributed by atoms with van der Waals surface area (Å²) in [7, 11) is 0. The van der Waals surface area contributed by atoms with Crippen LogP contribution in [0.15, 0.2) is 0 Å². The number of hydrogen-bond donors (Lipinski definition) is 1. The number of carbonyl (C=O) groups is 1. The van der Waals surface area contributed by atoms with Crippen molar-refractivity contribution in [2.24, 2.45) is 11.8 Å². The van der Waals surface area contributed by atoms with Gasteiger partial charge >= 0.3 is 5.97 Å². The number of carboxylic acid groups (broad SMARTS) is 1. The predicted molar refractivity (Wildman–Crippen MR) is 72.6 cm³/mol. The van der Waals surface area contributed by atoms with Crippen molar-refractivity contribution in [2.75, 3.05) is 13.1 Å². The van der Waals surface area contributed by atoms with Crippen molar-refractivity contribution in [3.05, 3.63) is 0 Å². The van der Waals surface area contributed by atoms with Crippen molar-refractivity contribution in [1.82, 2.24) is 4.90 Å². The lowest BCUT2D eigenvalue weighted by molar-refractivity contribution is -0.144. The monoisotopic (exact) mass is 253 g/mol. The fraction of sp³-hybridized carbons (Fsp3) is 0.933. The van der Waals surface area contributed by atoms with E-state index in [1.165, 1.54) is 32.1 Å². The number of aliphatic carboxylic acids is 1. The van der Waals surface area contributed by atoms with Gasteiger partial charge in [-0.15, -0.1) is 0 Å². The molecule has 1 saturated carbocycles. The van der Waals surface area contributed by atoms with Crippen molar-refractivity contribution in [3.8, 4) is 0 Å². The van der Waals surface area contributed by atoms with Gasteiger partial charge in [0, 0.05) is 5.54 Å². The van der Waals surface area contributed by atoms with Gasteiger partial charge in [0.15, 0.2) is 0 Å². The van der Waals surface area contributed by atoms with E-state index in [4.69, 9.17) is 0 Å². The fourth-order valence-corrected chi connectivity index (χ4v) is 4.13. The lowest BCUT2D eigenvalue weighted by Gasteiger charge is -2.52. The van der Waals surface area contributed by atoms with Crippen LogP contribution in [0.2, 0.25) is 0 Å². The van der Waals surface area contributed by atoms with Crippen LogP contribution in [0.25, 0.3) is 0 Å². The van der Waals surface area contributed by atoms with Crippen LogP contribution >= 0.6 is 0 Å². The third kappa shape index (κ3) is 2.71. The molecule has 104 valence electrons. The number of likely N-dealkylation sites (tertiary alicyclic amines) is 1. The van der Waals surface area contributed by atoms with Gasteiger partial charge in [-0.3, -0.25) is 9.69 Å². The summed E-state index contributed by atoms with van der Waals surface area (Å²) in [6.07, 6.45) is 7.57. The largest absolute Gasteiger partial charge is 0.481 e. The first-order valence-corrected chi connectivity index (χ1v) is 7.51. The van der Waals surface area contributed by atoms with E-state index in [0.29, 0.717) is 12.3 Å². The third-order valence-corrected chi connectivity index (χ3v) is 5.19. The minimum Gasteiger partial charge on any atom is -0.481 e. The van der Waals surface area contributed by atoms with E-state index >= 15 is 0 Å². The zero-order chi connectivity index (χ0) is 13.2. The highest BCUT2D eigenvalue weighted by Crippen LogP contribution is 2.44. The van der Waals surface area contributed by atoms with Crippen LogP contribution in [0.3, 0.4) is 0 Å². The van der Waals surface area contributed by atoms with E-state index in [9.17, 15) is 9.90 Å². The Labute approximate surface area is 111 Å². The minimum absolute atomic E-state index is 0.0568. The second kappa shape index (κ2) is 5.60. The Bertz CT molecular complexity index is 299. The molecular weight excluding hydrogens is 226 g/mol. The van der Waals surface area contributed by atoms with Crippen LogP contribution < -0.4 is 0 Å². The molecule has 1 aliphatic carbocycles. The van der Waals surface area contributed by atoms with Crippen molar-refractivity contribution >= 4 is 5.97 Å². The third-order valence-electron chi connectivity index (χ3n) is 5.19. The molecule has 3 heteroatoms. The molecule has 2 fully saturated rings. The highest BCUT2D eigenvalue weighted by Gasteiger charge is 2.46. The highest BCUT2D eigenvalue weighted by molar-refractivity contribution is 5.68. The smallest absolute Gasteiger partial charge is 0.305 e. The van der Waals surface area contributed by atoms with E-state index in [2.05, 4.69) is 18.7 Å². The van der Waals surface area contributed by atoms with Gasteiger partial charge in [-0.2, -0.15) is 0 Å². The van der Waals surface area contributed by atoms with E-state index in [0.717, 1.165) is 25.4 Å². The second-order valence-corrected chi connectivity index (χ2v) is 6.50. The molecule has 1 N–H and O–H groups in total. The molecule has 3 unspecified atom stereocenters. The van der Waals surface area contributed by atoms with Crippen LogP contribution in [0, 0.1) is 11.8 Å². The first-order valence-electron chi connectivity index (χ1n) is 7.51. The van der Waals surface area contributed by atoms with Gasteiger partial charge in [-0.25, -0.2) is 0 Å². The molecule has 2 rings (SSSR count). The molecule has 0 amide bonds. The normalized spacial score (nSPS) is 38.6. The molecule has 0 radical (unpaired) electrons. The quantitative estimate of drug-likeness (QED) is 0.840. The van der Waals surface area contributed by atoms with Crippen molar-refractivity contribution in [1.29, 1.82) is 0 Å². The van der Waals surface area contributed by atoms with Crippen LogP contribution in [-0.4, -0.2) is 34.6 Å². The number of piperidine rings is 1. The zero-order valence-corrected chi connectivity index (χ0v) is 11.8. The molecular formula is C15H27NO2. The topological polar surface area (TPSA) is 40.5 Å². The zero-order valence-electron chi connectivity index (χ0n) is 11.8. The minimum atomic E-state index is -0.623. The van der Waals surface area contributed by atoms with E-state index in [1.54, 1.807) is 0 Å². The van der Waals surface area contributed by atoms with E-state index in [-0.39, 0.29) is 5.54 Å². The molecule has 0 spiro atoms. The molecule has 1 heterocycles. The van der Waals surface area contributed by atoms with Crippen LogP contribution in [-0.2, 0) is 4.79 Å². The molecule has 0 aromatic rings. The summed E-state index contributed by atoms with van der Waals surface area (Å²) in [6, 6.07) is 0. The summed E-state index contributed by atoms with van der Waals surface area (Å²) in [6.45, 7) is 6.78. The van der Waals surface area contributed by atoms with Gasteiger partial charge in [0.2, 0.25) is 0 Å². The Morgan fingerprint density at radius 2 is 1.94 bits per heavy atom. The van der Waals surface area contributed by atoms with Gasteiger partial charge in [0.25, 0.3) is 0 Å². The lowest BCUT2D eigenvalue weighted by atomic mass is 9.67. The SMILES string of the molecule is CC1CCC(CC(=O)O)(N2CCCCC2)C(C)C1. The maximum atomic E-state index is 11.3. The van der Waals surface area contributed by atoms with Crippen molar-refractivity contribution in [3.63, 3.8) is 0 Å². The average molecular weight is 253 g/mol. The molecule has 18 heavy (non-hydrogen) atoms. The first kappa shape index (κ1) is 13.9. The number of rotatable bonds is 3. The van der Waals surface area contributed by atoms with Crippen LogP contribution in [0.5, 0.6) is 0 Å². The first-order chi connectivity index (χ1) is 8.54.